The van der Waals surface area contributed by atoms with Crippen LogP contribution in [0.15, 0.2) is 72.0 Å². The second-order valence-electron chi connectivity index (χ2n) is 6.04. The van der Waals surface area contributed by atoms with Crippen molar-refractivity contribution in [2.45, 2.75) is 5.54 Å². The molecule has 0 saturated heterocycles. The molecule has 138 valence electrons. The fraction of sp³-hybridized carbons (Fsp3) is 0.150. The standard InChI is InChI=1S/C20H18N2O5/c1-27-19(26)16-17(24)18(25)22(13-23)20(16,14-8-4-2-5-9-14)12-21-15-10-6-3-7-11-15/h2-11,13,21,24H,12H2,1H3/p+1/t20-/m0/s1. The summed E-state index contributed by atoms with van der Waals surface area (Å²) in [4.78, 5) is 37.7. The van der Waals surface area contributed by atoms with E-state index < -0.39 is 23.2 Å². The Morgan fingerprint density at radius 3 is 2.30 bits per heavy atom. The maximum atomic E-state index is 12.5. The second kappa shape index (κ2) is 7.43. The average molecular weight is 367 g/mol. The number of benzene rings is 2. The molecule has 0 aromatic heterocycles. The highest BCUT2D eigenvalue weighted by Crippen LogP contribution is 2.42. The van der Waals surface area contributed by atoms with E-state index in [1.807, 2.05) is 30.3 Å². The summed E-state index contributed by atoms with van der Waals surface area (Å²) in [6.45, 7) is 0.0972. The van der Waals surface area contributed by atoms with E-state index in [0.717, 1.165) is 17.7 Å². The molecule has 2 amide bonds. The van der Waals surface area contributed by atoms with Crippen LogP contribution in [-0.2, 0) is 24.7 Å². The van der Waals surface area contributed by atoms with E-state index in [1.54, 1.807) is 35.6 Å². The molecule has 27 heavy (non-hydrogen) atoms. The number of ether oxygens (including phenoxy) is 1. The molecule has 0 fully saturated rings. The molecule has 0 bridgehead atoms. The molecular formula is C20H19N2O5+. The van der Waals surface area contributed by atoms with Gasteiger partial charge in [0.25, 0.3) is 5.91 Å². The maximum absolute atomic E-state index is 12.5. The zero-order valence-corrected chi connectivity index (χ0v) is 14.7. The topological polar surface area (TPSA) is 101 Å². The largest absolute Gasteiger partial charge is 0.503 e. The Labute approximate surface area is 155 Å². The summed E-state index contributed by atoms with van der Waals surface area (Å²) in [6, 6.07) is 17.9. The van der Waals surface area contributed by atoms with Crippen molar-refractivity contribution in [3.8, 4) is 0 Å². The third kappa shape index (κ3) is 2.98. The van der Waals surface area contributed by atoms with E-state index in [2.05, 4.69) is 0 Å². The van der Waals surface area contributed by atoms with Gasteiger partial charge in [0, 0.05) is 0 Å². The van der Waals surface area contributed by atoms with Crippen LogP contribution >= 0.6 is 0 Å². The number of hydrogen-bond donors (Lipinski definition) is 2. The number of nitrogens with two attached hydrogens (primary N) is 1. The van der Waals surface area contributed by atoms with Crippen LogP contribution in [0.25, 0.3) is 0 Å². The van der Waals surface area contributed by atoms with Crippen molar-refractivity contribution in [2.75, 3.05) is 13.7 Å². The number of quaternary nitrogens is 1. The zero-order valence-electron chi connectivity index (χ0n) is 14.7. The highest BCUT2D eigenvalue weighted by atomic mass is 16.5. The summed E-state index contributed by atoms with van der Waals surface area (Å²) in [7, 11) is 1.16. The van der Waals surface area contributed by atoms with E-state index in [0.29, 0.717) is 12.0 Å². The minimum absolute atomic E-state index is 0.0972. The number of hydrogen-bond acceptors (Lipinski definition) is 5. The first kappa shape index (κ1) is 18.3. The summed E-state index contributed by atoms with van der Waals surface area (Å²) in [6.07, 6.45) is 0.334. The zero-order chi connectivity index (χ0) is 19.4. The number of nitrogens with zero attached hydrogens (tertiary/aromatic N) is 1. The van der Waals surface area contributed by atoms with Gasteiger partial charge < -0.3 is 15.2 Å². The molecule has 0 spiro atoms. The number of rotatable bonds is 6. The smallest absolute Gasteiger partial charge is 0.340 e. The van der Waals surface area contributed by atoms with Gasteiger partial charge in [-0.05, 0) is 17.7 Å². The summed E-state index contributed by atoms with van der Waals surface area (Å²) in [5.41, 5.74) is -0.378. The Balaban J connectivity index is 2.19. The number of aliphatic hydroxyl groups excluding tert-OH is 1. The third-order valence-corrected chi connectivity index (χ3v) is 4.66. The molecule has 1 aliphatic heterocycles. The molecule has 0 aliphatic carbocycles. The van der Waals surface area contributed by atoms with E-state index in [1.165, 1.54) is 0 Å². The lowest BCUT2D eigenvalue weighted by Crippen LogP contribution is -2.84. The van der Waals surface area contributed by atoms with Gasteiger partial charge in [-0.2, -0.15) is 0 Å². The van der Waals surface area contributed by atoms with Gasteiger partial charge in [-0.25, -0.2) is 4.79 Å². The van der Waals surface area contributed by atoms with Gasteiger partial charge in [-0.3, -0.25) is 14.5 Å². The number of methoxy groups -OCH3 is 1. The van der Waals surface area contributed by atoms with Crippen LogP contribution < -0.4 is 5.32 Å². The van der Waals surface area contributed by atoms with Gasteiger partial charge in [0.05, 0.1) is 7.11 Å². The Bertz CT molecular complexity index is 895. The Kier molecular flexibility index (Phi) is 5.05. The molecule has 7 nitrogen and oxygen atoms in total. The average Bonchev–Trinajstić information content (AvgIpc) is 2.94. The molecule has 0 unspecified atom stereocenters. The quantitative estimate of drug-likeness (QED) is 0.446. The van der Waals surface area contributed by atoms with Gasteiger partial charge in [-0.1, -0.05) is 48.5 Å². The number of carbonyl (C=O) groups is 3. The Morgan fingerprint density at radius 1 is 1.15 bits per heavy atom. The predicted octanol–water partition coefficient (Wildman–Crippen LogP) is 0.761. The van der Waals surface area contributed by atoms with Crippen molar-refractivity contribution in [3.63, 3.8) is 0 Å². The highest BCUT2D eigenvalue weighted by Gasteiger charge is 2.58. The molecule has 1 atom stereocenters. The van der Waals surface area contributed by atoms with Gasteiger partial charge >= 0.3 is 5.97 Å². The van der Waals surface area contributed by atoms with Crippen LogP contribution in [-0.4, -0.2) is 41.9 Å². The fourth-order valence-electron chi connectivity index (χ4n) is 3.39. The van der Waals surface area contributed by atoms with Crippen molar-refractivity contribution < 1.29 is 29.5 Å². The first-order chi connectivity index (χ1) is 13.1. The maximum Gasteiger partial charge on any atom is 0.340 e. The normalized spacial score (nSPS) is 19.3. The summed E-state index contributed by atoms with van der Waals surface area (Å²) < 4.78 is 4.81. The molecule has 0 radical (unpaired) electrons. The molecular weight excluding hydrogens is 348 g/mol. The molecule has 2 aromatic rings. The van der Waals surface area contributed by atoms with Crippen LogP contribution in [0.2, 0.25) is 0 Å². The van der Waals surface area contributed by atoms with Crippen molar-refractivity contribution in [3.05, 3.63) is 77.6 Å². The molecule has 0 saturated carbocycles. The van der Waals surface area contributed by atoms with Crippen LogP contribution in [0.3, 0.4) is 0 Å². The van der Waals surface area contributed by atoms with Gasteiger partial charge in [-0.15, -0.1) is 0 Å². The Hall–Kier alpha value is -3.45. The van der Waals surface area contributed by atoms with E-state index in [4.69, 9.17) is 4.74 Å². The van der Waals surface area contributed by atoms with E-state index in [9.17, 15) is 19.5 Å². The van der Waals surface area contributed by atoms with Crippen molar-refractivity contribution in [1.82, 2.24) is 4.90 Å². The fourth-order valence-corrected chi connectivity index (χ4v) is 3.39. The number of para-hydroxylation sites is 1. The lowest BCUT2D eigenvalue weighted by atomic mass is 9.82. The van der Waals surface area contributed by atoms with Gasteiger partial charge in [0.1, 0.15) is 17.8 Å². The van der Waals surface area contributed by atoms with Crippen molar-refractivity contribution in [2.24, 2.45) is 0 Å². The van der Waals surface area contributed by atoms with Crippen LogP contribution in [0.1, 0.15) is 5.56 Å². The summed E-state index contributed by atoms with van der Waals surface area (Å²) in [5.74, 6) is -2.58. The summed E-state index contributed by atoms with van der Waals surface area (Å²) in [5, 5.41) is 12.2. The number of carbonyl (C=O) groups excluding carboxylic acids is 3. The third-order valence-electron chi connectivity index (χ3n) is 4.66. The second-order valence-corrected chi connectivity index (χ2v) is 6.04. The predicted molar refractivity (Wildman–Crippen MR) is 95.6 cm³/mol. The monoisotopic (exact) mass is 367 g/mol. The van der Waals surface area contributed by atoms with Crippen molar-refractivity contribution >= 4 is 24.0 Å². The van der Waals surface area contributed by atoms with Gasteiger partial charge in [0.15, 0.2) is 11.3 Å². The molecule has 3 rings (SSSR count). The van der Waals surface area contributed by atoms with E-state index >= 15 is 0 Å². The molecule has 3 N–H and O–H groups in total. The van der Waals surface area contributed by atoms with Crippen LogP contribution in [0, 0.1) is 0 Å². The number of imide groups is 1. The first-order valence-corrected chi connectivity index (χ1v) is 8.31. The molecule has 1 heterocycles. The minimum atomic E-state index is -1.49. The first-order valence-electron chi connectivity index (χ1n) is 8.31. The molecule has 1 aliphatic rings. The SMILES string of the molecule is COC(=O)C1=C(O)C(=O)N(C=O)[C@@]1(C[NH2+]c1ccccc1)c1ccccc1. The van der Waals surface area contributed by atoms with Crippen molar-refractivity contribution in [1.29, 1.82) is 0 Å². The lowest BCUT2D eigenvalue weighted by Gasteiger charge is -2.34. The molecule has 7 heteroatoms. The minimum Gasteiger partial charge on any atom is -0.503 e. The highest BCUT2D eigenvalue weighted by molar-refractivity contribution is 6.11. The number of esters is 1. The molecule has 2 aromatic carbocycles. The lowest BCUT2D eigenvalue weighted by molar-refractivity contribution is -0.582. The van der Waals surface area contributed by atoms with E-state index in [-0.39, 0.29) is 12.1 Å². The number of aliphatic hydroxyl groups is 1. The Morgan fingerprint density at radius 2 is 1.74 bits per heavy atom. The van der Waals surface area contributed by atoms with Gasteiger partial charge in [0.2, 0.25) is 6.41 Å². The van der Waals surface area contributed by atoms with Crippen LogP contribution in [0.4, 0.5) is 5.69 Å². The summed E-state index contributed by atoms with van der Waals surface area (Å²) >= 11 is 0. The van der Waals surface area contributed by atoms with Crippen LogP contribution in [0.5, 0.6) is 0 Å². The number of amides is 2.